The molecule has 0 saturated carbocycles. The molecule has 1 aromatic heterocycles. The van der Waals surface area contributed by atoms with Crippen LogP contribution in [-0.2, 0) is 6.54 Å². The molecule has 0 radical (unpaired) electrons. The van der Waals surface area contributed by atoms with Gasteiger partial charge in [0.15, 0.2) is 0 Å². The summed E-state index contributed by atoms with van der Waals surface area (Å²) in [6.45, 7) is 0.497. The molecule has 5 nitrogen and oxygen atoms in total. The maximum absolute atomic E-state index is 5.34. The molecule has 0 fully saturated rings. The first-order valence-corrected chi connectivity index (χ1v) is 2.81. The van der Waals surface area contributed by atoms with Crippen LogP contribution in [0.2, 0.25) is 0 Å². The standard InChI is InChI=1S/C5H9N5/c6-5(9-7)3-10-2-1-8-4-10/h1-2,4H,3,7H2,(H2,6,9). The zero-order valence-corrected chi connectivity index (χ0v) is 5.44. The quantitative estimate of drug-likeness (QED) is 0.241. The van der Waals surface area contributed by atoms with Gasteiger partial charge in [-0.05, 0) is 0 Å². The molecular formula is C5H9N5. The Labute approximate surface area is 58.3 Å². The first kappa shape index (κ1) is 6.60. The topological polar surface area (TPSA) is 82.2 Å². The van der Waals surface area contributed by atoms with E-state index in [0.717, 1.165) is 0 Å². The Morgan fingerprint density at radius 1 is 1.70 bits per heavy atom. The van der Waals surface area contributed by atoms with E-state index in [9.17, 15) is 0 Å². The molecule has 0 aliphatic heterocycles. The van der Waals surface area contributed by atoms with E-state index in [1.807, 2.05) is 0 Å². The van der Waals surface area contributed by atoms with Gasteiger partial charge in [-0.25, -0.2) is 4.98 Å². The SMILES string of the molecule is N/N=C(/N)Cn1ccnc1. The van der Waals surface area contributed by atoms with Gasteiger partial charge in [-0.15, -0.1) is 0 Å². The predicted molar refractivity (Wildman–Crippen MR) is 38.0 cm³/mol. The molecular weight excluding hydrogens is 130 g/mol. The van der Waals surface area contributed by atoms with E-state index in [1.54, 1.807) is 23.3 Å². The van der Waals surface area contributed by atoms with Crippen LogP contribution in [0.3, 0.4) is 0 Å². The van der Waals surface area contributed by atoms with Crippen molar-refractivity contribution in [2.75, 3.05) is 0 Å². The number of hydrazone groups is 1. The van der Waals surface area contributed by atoms with Gasteiger partial charge in [-0.2, -0.15) is 5.10 Å². The molecule has 4 N–H and O–H groups in total. The largest absolute Gasteiger partial charge is 0.384 e. The lowest BCUT2D eigenvalue weighted by molar-refractivity contribution is 0.839. The van der Waals surface area contributed by atoms with Crippen molar-refractivity contribution in [3.8, 4) is 0 Å². The molecule has 0 saturated heterocycles. The van der Waals surface area contributed by atoms with Crippen molar-refractivity contribution in [3.05, 3.63) is 18.7 Å². The summed E-state index contributed by atoms with van der Waals surface area (Å²) in [5.41, 5.74) is 5.34. The highest BCUT2D eigenvalue weighted by molar-refractivity contribution is 5.79. The number of nitrogens with two attached hydrogens (primary N) is 2. The van der Waals surface area contributed by atoms with Crippen LogP contribution in [0.5, 0.6) is 0 Å². The second-order valence-corrected chi connectivity index (χ2v) is 1.86. The van der Waals surface area contributed by atoms with E-state index in [-0.39, 0.29) is 0 Å². The van der Waals surface area contributed by atoms with E-state index in [1.165, 1.54) is 0 Å². The maximum Gasteiger partial charge on any atom is 0.139 e. The van der Waals surface area contributed by atoms with Crippen LogP contribution in [0, 0.1) is 0 Å². The Morgan fingerprint density at radius 3 is 3.00 bits per heavy atom. The fourth-order valence-corrected chi connectivity index (χ4v) is 0.608. The monoisotopic (exact) mass is 139 g/mol. The zero-order valence-electron chi connectivity index (χ0n) is 5.44. The van der Waals surface area contributed by atoms with Crippen LogP contribution < -0.4 is 11.6 Å². The third kappa shape index (κ3) is 1.48. The minimum Gasteiger partial charge on any atom is -0.384 e. The van der Waals surface area contributed by atoms with Gasteiger partial charge in [0.2, 0.25) is 0 Å². The van der Waals surface area contributed by atoms with E-state index in [0.29, 0.717) is 12.4 Å². The molecule has 0 aliphatic rings. The van der Waals surface area contributed by atoms with Gasteiger partial charge in [-0.3, -0.25) is 0 Å². The fourth-order valence-electron chi connectivity index (χ4n) is 0.608. The minimum absolute atomic E-state index is 0.387. The van der Waals surface area contributed by atoms with Gasteiger partial charge in [-0.1, -0.05) is 0 Å². The van der Waals surface area contributed by atoms with Crippen LogP contribution in [0.25, 0.3) is 0 Å². The molecule has 5 heteroatoms. The number of hydrogen-bond donors (Lipinski definition) is 2. The van der Waals surface area contributed by atoms with Gasteiger partial charge in [0.25, 0.3) is 0 Å². The highest BCUT2D eigenvalue weighted by Crippen LogP contribution is 1.83. The average molecular weight is 139 g/mol. The van der Waals surface area contributed by atoms with Gasteiger partial charge in [0, 0.05) is 12.4 Å². The van der Waals surface area contributed by atoms with Crippen molar-refractivity contribution in [2.45, 2.75) is 6.54 Å². The smallest absolute Gasteiger partial charge is 0.139 e. The first-order chi connectivity index (χ1) is 4.83. The molecule has 0 amide bonds. The van der Waals surface area contributed by atoms with Crippen molar-refractivity contribution in [1.29, 1.82) is 0 Å². The number of hydrogen-bond acceptors (Lipinski definition) is 3. The average Bonchev–Trinajstić information content (AvgIpc) is 2.40. The molecule has 0 atom stereocenters. The summed E-state index contributed by atoms with van der Waals surface area (Å²) < 4.78 is 1.78. The van der Waals surface area contributed by atoms with Crippen LogP contribution >= 0.6 is 0 Å². The lowest BCUT2D eigenvalue weighted by atomic mass is 10.6. The Hall–Kier alpha value is -1.52. The highest BCUT2D eigenvalue weighted by atomic mass is 15.2. The summed E-state index contributed by atoms with van der Waals surface area (Å²) in [4.78, 5) is 3.82. The second kappa shape index (κ2) is 2.86. The van der Waals surface area contributed by atoms with Gasteiger partial charge < -0.3 is 16.1 Å². The molecule has 0 spiro atoms. The molecule has 0 bridgehead atoms. The third-order valence-corrected chi connectivity index (χ3v) is 1.07. The van der Waals surface area contributed by atoms with Crippen molar-refractivity contribution >= 4 is 5.84 Å². The van der Waals surface area contributed by atoms with Crippen molar-refractivity contribution in [1.82, 2.24) is 9.55 Å². The zero-order chi connectivity index (χ0) is 7.40. The summed E-state index contributed by atoms with van der Waals surface area (Å²) in [7, 11) is 0. The highest BCUT2D eigenvalue weighted by Gasteiger charge is 1.91. The van der Waals surface area contributed by atoms with Crippen LogP contribution in [-0.4, -0.2) is 15.4 Å². The summed E-state index contributed by atoms with van der Waals surface area (Å²) in [6, 6.07) is 0. The molecule has 54 valence electrons. The normalized spacial score (nSPS) is 11.8. The fraction of sp³-hybridized carbons (Fsp3) is 0.200. The van der Waals surface area contributed by atoms with E-state index >= 15 is 0 Å². The molecule has 1 heterocycles. The van der Waals surface area contributed by atoms with E-state index in [4.69, 9.17) is 11.6 Å². The Bertz CT molecular complexity index is 212. The van der Waals surface area contributed by atoms with Crippen molar-refractivity contribution in [2.24, 2.45) is 16.7 Å². The molecule has 0 aromatic carbocycles. The van der Waals surface area contributed by atoms with Crippen LogP contribution in [0.1, 0.15) is 0 Å². The maximum atomic E-state index is 5.34. The minimum atomic E-state index is 0.387. The van der Waals surface area contributed by atoms with E-state index in [2.05, 4.69) is 10.1 Å². The predicted octanol–water partition coefficient (Wildman–Crippen LogP) is -0.886. The molecule has 1 aromatic rings. The lowest BCUT2D eigenvalue weighted by Crippen LogP contribution is -2.20. The van der Waals surface area contributed by atoms with Gasteiger partial charge in [0.1, 0.15) is 5.84 Å². The number of amidine groups is 1. The number of imidazole rings is 1. The molecule has 10 heavy (non-hydrogen) atoms. The molecule has 0 aliphatic carbocycles. The van der Waals surface area contributed by atoms with Crippen molar-refractivity contribution in [3.63, 3.8) is 0 Å². The molecule has 0 unspecified atom stereocenters. The molecule has 1 rings (SSSR count). The van der Waals surface area contributed by atoms with Gasteiger partial charge in [0.05, 0.1) is 12.9 Å². The Balaban J connectivity index is 2.56. The van der Waals surface area contributed by atoms with Crippen LogP contribution in [0.4, 0.5) is 0 Å². The number of nitrogens with zero attached hydrogens (tertiary/aromatic N) is 3. The first-order valence-electron chi connectivity index (χ1n) is 2.81. The third-order valence-electron chi connectivity index (χ3n) is 1.07. The lowest BCUT2D eigenvalue weighted by Gasteiger charge is -1.97. The van der Waals surface area contributed by atoms with E-state index < -0.39 is 0 Å². The summed E-state index contributed by atoms with van der Waals surface area (Å²) in [5, 5.41) is 3.31. The summed E-state index contributed by atoms with van der Waals surface area (Å²) in [6.07, 6.45) is 5.11. The second-order valence-electron chi connectivity index (χ2n) is 1.86. The Kier molecular flexibility index (Phi) is 1.89. The number of aromatic nitrogens is 2. The summed E-state index contributed by atoms with van der Waals surface area (Å²) >= 11 is 0. The van der Waals surface area contributed by atoms with Crippen molar-refractivity contribution < 1.29 is 0 Å². The number of rotatable bonds is 2. The Morgan fingerprint density at radius 2 is 2.50 bits per heavy atom. The summed E-state index contributed by atoms with van der Waals surface area (Å²) in [5.74, 6) is 5.30. The van der Waals surface area contributed by atoms with Crippen LogP contribution in [0.15, 0.2) is 23.8 Å². The van der Waals surface area contributed by atoms with Gasteiger partial charge >= 0.3 is 0 Å².